The van der Waals surface area contributed by atoms with Crippen LogP contribution >= 0.6 is 43.5 Å². The van der Waals surface area contributed by atoms with Gasteiger partial charge in [-0.05, 0) is 121 Å². The van der Waals surface area contributed by atoms with Gasteiger partial charge in [-0.15, -0.1) is 0 Å². The fourth-order valence-corrected chi connectivity index (χ4v) is 7.65. The maximum Gasteiger partial charge on any atom is 0.222 e. The van der Waals surface area contributed by atoms with Gasteiger partial charge in [0.2, 0.25) is 5.91 Å². The van der Waals surface area contributed by atoms with E-state index in [1.54, 1.807) is 0 Å². The first kappa shape index (κ1) is 24.7. The number of hydrogen-bond donors (Lipinski definition) is 0. The smallest absolute Gasteiger partial charge is 0.222 e. The summed E-state index contributed by atoms with van der Waals surface area (Å²) in [4.78, 5) is 22.5. The molecule has 2 saturated heterocycles. The predicted octanol–water partition coefficient (Wildman–Crippen LogP) is 6.46. The number of nitrogens with zero attached hydrogens (tertiary/aromatic N) is 3. The predicted molar refractivity (Wildman–Crippen MR) is 144 cm³/mol. The van der Waals surface area contributed by atoms with Crippen LogP contribution in [0, 0.1) is 11.8 Å². The molecule has 0 spiro atoms. The molecule has 1 aliphatic carbocycles. The third-order valence-electron chi connectivity index (χ3n) is 8.08. The number of amides is 1. The van der Waals surface area contributed by atoms with Gasteiger partial charge in [0.15, 0.2) is 0 Å². The maximum atomic E-state index is 13.1. The molecule has 1 unspecified atom stereocenters. The monoisotopic (exact) mass is 607 g/mol. The Hall–Kier alpha value is -0.950. The van der Waals surface area contributed by atoms with Gasteiger partial charge >= 0.3 is 0 Å². The molecule has 1 aromatic heterocycles. The lowest BCUT2D eigenvalue weighted by molar-refractivity contribution is -0.134. The lowest BCUT2D eigenvalue weighted by Crippen LogP contribution is -2.41. The number of rotatable bonds is 3. The summed E-state index contributed by atoms with van der Waals surface area (Å²) in [6, 6.07) is 6.39. The van der Waals surface area contributed by atoms with Crippen LogP contribution in [-0.2, 0) is 17.6 Å². The van der Waals surface area contributed by atoms with Gasteiger partial charge in [0.25, 0.3) is 0 Å². The van der Waals surface area contributed by atoms with Crippen molar-refractivity contribution in [2.75, 3.05) is 33.2 Å². The van der Waals surface area contributed by atoms with Crippen LogP contribution in [0.1, 0.15) is 60.4 Å². The second kappa shape index (κ2) is 10.6. The molecule has 2 aliphatic heterocycles. The van der Waals surface area contributed by atoms with E-state index >= 15 is 0 Å². The Morgan fingerprint density at radius 1 is 1.03 bits per heavy atom. The van der Waals surface area contributed by atoms with Crippen molar-refractivity contribution in [3.05, 3.63) is 60.7 Å². The molecular weight excluding hydrogens is 578 g/mol. The average molecular weight is 610 g/mol. The first-order valence-corrected chi connectivity index (χ1v) is 14.4. The zero-order chi connectivity index (χ0) is 23.8. The van der Waals surface area contributed by atoms with Crippen molar-refractivity contribution in [3.63, 3.8) is 0 Å². The Labute approximate surface area is 224 Å². The molecule has 0 N–H and O–H groups in total. The third-order valence-corrected chi connectivity index (χ3v) is 9.39. The number of likely N-dealkylation sites (tertiary alicyclic amines) is 2. The molecule has 5 rings (SSSR count). The summed E-state index contributed by atoms with van der Waals surface area (Å²) in [6.45, 7) is 3.92. The highest BCUT2D eigenvalue weighted by Crippen LogP contribution is 2.46. The van der Waals surface area contributed by atoms with Crippen molar-refractivity contribution in [1.29, 1.82) is 0 Å². The molecule has 182 valence electrons. The topological polar surface area (TPSA) is 36.4 Å². The number of hydrogen-bond acceptors (Lipinski definition) is 3. The fraction of sp³-hybridized carbons (Fsp3) is 0.556. The lowest BCUT2D eigenvalue weighted by atomic mass is 9.76. The summed E-state index contributed by atoms with van der Waals surface area (Å²) in [7, 11) is 2.17. The van der Waals surface area contributed by atoms with Gasteiger partial charge in [-0.25, -0.2) is 0 Å². The van der Waals surface area contributed by atoms with Gasteiger partial charge in [-0.3, -0.25) is 9.78 Å². The zero-order valence-electron chi connectivity index (χ0n) is 19.7. The maximum absolute atomic E-state index is 13.1. The highest BCUT2D eigenvalue weighted by molar-refractivity contribution is 9.10. The van der Waals surface area contributed by atoms with Crippen LogP contribution < -0.4 is 0 Å². The Morgan fingerprint density at radius 2 is 1.74 bits per heavy atom. The molecule has 0 bridgehead atoms. The second-order valence-electron chi connectivity index (χ2n) is 10.3. The van der Waals surface area contributed by atoms with Crippen LogP contribution in [0.5, 0.6) is 0 Å². The van der Waals surface area contributed by atoms with E-state index in [2.05, 4.69) is 60.8 Å². The van der Waals surface area contributed by atoms with Crippen molar-refractivity contribution in [2.24, 2.45) is 11.8 Å². The Morgan fingerprint density at radius 3 is 2.47 bits per heavy atom. The van der Waals surface area contributed by atoms with Gasteiger partial charge < -0.3 is 9.80 Å². The highest BCUT2D eigenvalue weighted by Gasteiger charge is 2.36. The van der Waals surface area contributed by atoms with E-state index in [9.17, 15) is 4.79 Å². The number of benzene rings is 1. The Bertz CT molecular complexity index is 1060. The summed E-state index contributed by atoms with van der Waals surface area (Å²) < 4.78 is 2.11. The van der Waals surface area contributed by atoms with Crippen molar-refractivity contribution in [3.8, 4) is 0 Å². The fourth-order valence-electron chi connectivity index (χ4n) is 6.15. The summed E-state index contributed by atoms with van der Waals surface area (Å²) in [5.74, 6) is 1.57. The molecule has 2 aromatic rings. The van der Waals surface area contributed by atoms with Crippen molar-refractivity contribution in [1.82, 2.24) is 14.8 Å². The lowest BCUT2D eigenvalue weighted by Gasteiger charge is -2.38. The summed E-state index contributed by atoms with van der Waals surface area (Å²) in [6.07, 6.45) is 8.88. The van der Waals surface area contributed by atoms with Gasteiger partial charge in [-0.2, -0.15) is 0 Å². The number of piperidine rings is 2. The molecule has 4 nitrogen and oxygen atoms in total. The van der Waals surface area contributed by atoms with E-state index in [1.165, 1.54) is 22.4 Å². The van der Waals surface area contributed by atoms with E-state index in [1.807, 2.05) is 12.3 Å². The zero-order valence-corrected chi connectivity index (χ0v) is 23.6. The molecule has 0 radical (unpaired) electrons. The van der Waals surface area contributed by atoms with Crippen LogP contribution in [0.15, 0.2) is 33.3 Å². The van der Waals surface area contributed by atoms with E-state index in [0.29, 0.717) is 24.2 Å². The van der Waals surface area contributed by atoms with Crippen molar-refractivity contribution < 1.29 is 4.79 Å². The van der Waals surface area contributed by atoms with E-state index in [-0.39, 0.29) is 5.92 Å². The molecule has 1 atom stereocenters. The second-order valence-corrected chi connectivity index (χ2v) is 12.5. The molecule has 7 heteroatoms. The summed E-state index contributed by atoms with van der Waals surface area (Å²) in [5.41, 5.74) is 5.17. The number of aromatic nitrogens is 1. The number of carbonyl (C=O) groups excluding carboxylic acids is 1. The van der Waals surface area contributed by atoms with Gasteiger partial charge in [0.1, 0.15) is 0 Å². The standard InChI is InChI=1S/C27H32Br2ClN3O/c1-32-8-4-17(5-9-32)12-24(34)33-10-6-18(7-11-33)26-25-19(14-22(30)15-23(25)29)2-3-20-13-21(28)16-31-27(20)26/h13-18,26H,2-12H2,1H3. The van der Waals surface area contributed by atoms with Crippen LogP contribution in [0.4, 0.5) is 0 Å². The van der Waals surface area contributed by atoms with Crippen molar-refractivity contribution >= 4 is 49.4 Å². The van der Waals surface area contributed by atoms with Gasteiger partial charge in [0, 0.05) is 45.6 Å². The minimum Gasteiger partial charge on any atom is -0.343 e. The van der Waals surface area contributed by atoms with Crippen LogP contribution in [0.3, 0.4) is 0 Å². The quantitative estimate of drug-likeness (QED) is 0.401. The highest BCUT2D eigenvalue weighted by atomic mass is 79.9. The molecular formula is C27H32Br2ClN3O. The number of halogens is 3. The first-order chi connectivity index (χ1) is 16.4. The van der Waals surface area contributed by atoms with Crippen LogP contribution in [0.25, 0.3) is 0 Å². The SMILES string of the molecule is CN1CCC(CC(=O)N2CCC(C3c4ncc(Br)cc4CCc4cc(Cl)cc(Br)c43)CC2)CC1. The van der Waals surface area contributed by atoms with Crippen LogP contribution in [0.2, 0.25) is 5.02 Å². The Balaban J connectivity index is 1.35. The summed E-state index contributed by atoms with van der Waals surface area (Å²) >= 11 is 13.9. The van der Waals surface area contributed by atoms with Gasteiger partial charge in [0.05, 0.1) is 5.69 Å². The van der Waals surface area contributed by atoms with E-state index < -0.39 is 0 Å². The number of aryl methyl sites for hydroxylation is 2. The molecule has 1 amide bonds. The molecule has 0 saturated carbocycles. The molecule has 2 fully saturated rings. The number of pyridine rings is 1. The minimum atomic E-state index is 0.221. The molecule has 3 heterocycles. The normalized spacial score (nSPS) is 22.2. The van der Waals surface area contributed by atoms with Crippen molar-refractivity contribution in [2.45, 2.75) is 50.9 Å². The molecule has 34 heavy (non-hydrogen) atoms. The summed E-state index contributed by atoms with van der Waals surface area (Å²) in [5, 5.41) is 0.777. The number of fused-ring (bicyclic) bond motifs is 2. The minimum absolute atomic E-state index is 0.221. The molecule has 3 aliphatic rings. The average Bonchev–Trinajstić information content (AvgIpc) is 2.97. The first-order valence-electron chi connectivity index (χ1n) is 12.5. The van der Waals surface area contributed by atoms with Gasteiger partial charge in [-0.1, -0.05) is 27.5 Å². The number of carbonyl (C=O) groups is 1. The largest absolute Gasteiger partial charge is 0.343 e. The van der Waals surface area contributed by atoms with E-state index in [4.69, 9.17) is 16.6 Å². The molecule has 1 aromatic carbocycles. The third kappa shape index (κ3) is 5.25. The van der Waals surface area contributed by atoms with Crippen LogP contribution in [-0.4, -0.2) is 53.9 Å². The van der Waals surface area contributed by atoms with E-state index in [0.717, 1.165) is 78.7 Å². The Kier molecular flexibility index (Phi) is 7.69.